The lowest BCUT2D eigenvalue weighted by molar-refractivity contribution is -0.171. The minimum atomic E-state index is -0.685. The van der Waals surface area contributed by atoms with E-state index in [9.17, 15) is 9.59 Å². The van der Waals surface area contributed by atoms with E-state index in [4.69, 9.17) is 9.57 Å². The summed E-state index contributed by atoms with van der Waals surface area (Å²) in [6, 6.07) is -0.685. The minimum Gasteiger partial charge on any atom is -0.444 e. The molecule has 6 nitrogen and oxygen atoms in total. The number of ether oxygens (including phenoxy) is 1. The zero-order valence-corrected chi connectivity index (χ0v) is 13.9. The molecule has 0 rings (SSSR count). The second kappa shape index (κ2) is 6.92. The van der Waals surface area contributed by atoms with Crippen molar-refractivity contribution in [2.75, 3.05) is 14.2 Å². The first-order valence-electron chi connectivity index (χ1n) is 6.67. The van der Waals surface area contributed by atoms with Gasteiger partial charge in [0.15, 0.2) is 0 Å². The van der Waals surface area contributed by atoms with Gasteiger partial charge in [0.1, 0.15) is 11.6 Å². The highest BCUT2D eigenvalue weighted by Gasteiger charge is 2.30. The van der Waals surface area contributed by atoms with Crippen LogP contribution in [0.25, 0.3) is 0 Å². The van der Waals surface area contributed by atoms with Crippen LogP contribution in [-0.4, -0.2) is 42.9 Å². The molecule has 0 aromatic heterocycles. The second-order valence-electron chi connectivity index (χ2n) is 6.98. The highest BCUT2D eigenvalue weighted by molar-refractivity contribution is 5.84. The molecule has 0 bridgehead atoms. The fourth-order valence-corrected chi connectivity index (χ4v) is 1.57. The Morgan fingerprint density at radius 3 is 2.00 bits per heavy atom. The molecule has 6 heteroatoms. The summed E-state index contributed by atoms with van der Waals surface area (Å²) in [5.41, 5.74) is -0.726. The van der Waals surface area contributed by atoms with Crippen LogP contribution < -0.4 is 5.32 Å². The summed E-state index contributed by atoms with van der Waals surface area (Å²) in [6.45, 7) is 11.3. The predicted molar refractivity (Wildman–Crippen MR) is 77.0 cm³/mol. The average Bonchev–Trinajstić information content (AvgIpc) is 2.21. The molecule has 0 aliphatic rings. The molecule has 0 saturated heterocycles. The van der Waals surface area contributed by atoms with Crippen molar-refractivity contribution in [2.45, 2.75) is 59.6 Å². The van der Waals surface area contributed by atoms with Crippen molar-refractivity contribution in [1.82, 2.24) is 10.4 Å². The molecule has 0 heterocycles. The Kier molecular flexibility index (Phi) is 6.47. The lowest BCUT2D eigenvalue weighted by Crippen LogP contribution is -2.49. The Hall–Kier alpha value is -1.30. The van der Waals surface area contributed by atoms with Crippen LogP contribution in [0.1, 0.15) is 48.0 Å². The Bertz CT molecular complexity index is 342. The van der Waals surface area contributed by atoms with Crippen molar-refractivity contribution in [3.63, 3.8) is 0 Å². The van der Waals surface area contributed by atoms with E-state index in [1.165, 1.54) is 14.2 Å². The normalized spacial score (nSPS) is 13.6. The van der Waals surface area contributed by atoms with Crippen molar-refractivity contribution in [3.05, 3.63) is 0 Å². The SMILES string of the molecule is CON(C)C(=O)[C@@H](CC(C)(C)C)NC(=O)OC(C)(C)C. The number of hydrogen-bond donors (Lipinski definition) is 1. The number of hydroxylamine groups is 2. The van der Waals surface area contributed by atoms with Crippen LogP contribution in [-0.2, 0) is 14.4 Å². The summed E-state index contributed by atoms with van der Waals surface area (Å²) in [4.78, 5) is 28.9. The molecule has 0 unspecified atom stereocenters. The summed E-state index contributed by atoms with van der Waals surface area (Å²) >= 11 is 0. The third kappa shape index (κ3) is 7.99. The van der Waals surface area contributed by atoms with Gasteiger partial charge in [0.05, 0.1) is 7.11 Å². The van der Waals surface area contributed by atoms with Crippen molar-refractivity contribution in [1.29, 1.82) is 0 Å². The molecule has 0 aliphatic carbocycles. The number of carbonyl (C=O) groups excluding carboxylic acids is 2. The number of rotatable bonds is 4. The third-order valence-corrected chi connectivity index (χ3v) is 2.39. The van der Waals surface area contributed by atoms with E-state index in [1.807, 2.05) is 20.8 Å². The van der Waals surface area contributed by atoms with Crippen LogP contribution in [0.4, 0.5) is 4.79 Å². The zero-order chi connectivity index (χ0) is 16.1. The molecule has 0 radical (unpaired) electrons. The van der Waals surface area contributed by atoms with E-state index < -0.39 is 17.7 Å². The van der Waals surface area contributed by atoms with Crippen LogP contribution in [0.3, 0.4) is 0 Å². The zero-order valence-electron chi connectivity index (χ0n) is 13.9. The number of nitrogens with zero attached hydrogens (tertiary/aromatic N) is 1. The van der Waals surface area contributed by atoms with Gasteiger partial charge in [-0.1, -0.05) is 20.8 Å². The Morgan fingerprint density at radius 1 is 1.15 bits per heavy atom. The molecular weight excluding hydrogens is 260 g/mol. The molecule has 20 heavy (non-hydrogen) atoms. The highest BCUT2D eigenvalue weighted by Crippen LogP contribution is 2.22. The summed E-state index contributed by atoms with van der Waals surface area (Å²) < 4.78 is 5.18. The molecule has 0 saturated carbocycles. The van der Waals surface area contributed by atoms with Gasteiger partial charge in [0.25, 0.3) is 5.91 Å². The minimum absolute atomic E-state index is 0.121. The smallest absolute Gasteiger partial charge is 0.408 e. The van der Waals surface area contributed by atoms with E-state index in [2.05, 4.69) is 5.32 Å². The van der Waals surface area contributed by atoms with E-state index in [1.54, 1.807) is 20.8 Å². The van der Waals surface area contributed by atoms with Gasteiger partial charge in [-0.05, 0) is 32.6 Å². The topological polar surface area (TPSA) is 67.9 Å². The van der Waals surface area contributed by atoms with Crippen LogP contribution >= 0.6 is 0 Å². The van der Waals surface area contributed by atoms with Gasteiger partial charge in [0, 0.05) is 7.05 Å². The van der Waals surface area contributed by atoms with Crippen molar-refractivity contribution in [2.24, 2.45) is 5.41 Å². The molecule has 0 aromatic rings. The first kappa shape index (κ1) is 18.7. The van der Waals surface area contributed by atoms with Crippen LogP contribution in [0.5, 0.6) is 0 Å². The third-order valence-electron chi connectivity index (χ3n) is 2.39. The van der Waals surface area contributed by atoms with E-state index in [-0.39, 0.29) is 11.3 Å². The molecule has 1 atom stereocenters. The number of carbonyl (C=O) groups is 2. The van der Waals surface area contributed by atoms with Crippen LogP contribution in [0.2, 0.25) is 0 Å². The van der Waals surface area contributed by atoms with Crippen LogP contribution in [0, 0.1) is 5.41 Å². The van der Waals surface area contributed by atoms with Crippen molar-refractivity contribution < 1.29 is 19.2 Å². The second-order valence-corrected chi connectivity index (χ2v) is 6.98. The maximum atomic E-state index is 12.2. The lowest BCUT2D eigenvalue weighted by atomic mass is 9.88. The molecule has 1 N–H and O–H groups in total. The molecule has 118 valence electrons. The molecular formula is C14H28N2O4. The quantitative estimate of drug-likeness (QED) is 0.806. The van der Waals surface area contributed by atoms with Gasteiger partial charge in [-0.3, -0.25) is 9.63 Å². The molecule has 0 fully saturated rings. The summed E-state index contributed by atoms with van der Waals surface area (Å²) in [5, 5.41) is 3.72. The van der Waals surface area contributed by atoms with Crippen molar-refractivity contribution in [3.8, 4) is 0 Å². The summed E-state index contributed by atoms with van der Waals surface area (Å²) in [5.74, 6) is -0.312. The number of hydrogen-bond acceptors (Lipinski definition) is 4. The number of amides is 2. The lowest BCUT2D eigenvalue weighted by Gasteiger charge is -2.29. The van der Waals surface area contributed by atoms with Gasteiger partial charge in [-0.25, -0.2) is 9.86 Å². The predicted octanol–water partition coefficient (Wildman–Crippen LogP) is 2.34. The Labute approximate surface area is 121 Å². The summed E-state index contributed by atoms with van der Waals surface area (Å²) in [7, 11) is 2.91. The summed E-state index contributed by atoms with van der Waals surface area (Å²) in [6.07, 6.45) is -0.122. The average molecular weight is 288 g/mol. The number of nitrogens with one attached hydrogen (secondary N) is 1. The van der Waals surface area contributed by atoms with E-state index >= 15 is 0 Å². The fourth-order valence-electron chi connectivity index (χ4n) is 1.57. The molecule has 0 aliphatic heterocycles. The molecule has 0 spiro atoms. The van der Waals surface area contributed by atoms with Crippen molar-refractivity contribution >= 4 is 12.0 Å². The monoisotopic (exact) mass is 288 g/mol. The Morgan fingerprint density at radius 2 is 1.65 bits per heavy atom. The van der Waals surface area contributed by atoms with Gasteiger partial charge < -0.3 is 10.1 Å². The first-order valence-corrected chi connectivity index (χ1v) is 6.67. The standard InChI is InChI=1S/C14H28N2O4/c1-13(2,3)9-10(11(17)16(7)19-8)15-12(18)20-14(4,5)6/h10H,9H2,1-8H3,(H,15,18)/t10-/m1/s1. The highest BCUT2D eigenvalue weighted by atomic mass is 16.7. The van der Waals surface area contributed by atoms with E-state index in [0.29, 0.717) is 6.42 Å². The first-order chi connectivity index (χ1) is 8.85. The van der Waals surface area contributed by atoms with Gasteiger partial charge in [-0.2, -0.15) is 0 Å². The van der Waals surface area contributed by atoms with Gasteiger partial charge in [-0.15, -0.1) is 0 Å². The Balaban J connectivity index is 4.87. The van der Waals surface area contributed by atoms with Crippen LogP contribution in [0.15, 0.2) is 0 Å². The fraction of sp³-hybridized carbons (Fsp3) is 0.857. The van der Waals surface area contributed by atoms with E-state index in [0.717, 1.165) is 5.06 Å². The van der Waals surface area contributed by atoms with Gasteiger partial charge in [0.2, 0.25) is 0 Å². The van der Waals surface area contributed by atoms with Gasteiger partial charge >= 0.3 is 6.09 Å². The largest absolute Gasteiger partial charge is 0.444 e. The number of alkyl carbamates (subject to hydrolysis) is 1. The maximum absolute atomic E-state index is 12.2. The number of likely N-dealkylation sites (N-methyl/N-ethyl adjacent to an activating group) is 1. The molecule has 0 aromatic carbocycles. The maximum Gasteiger partial charge on any atom is 0.408 e. The molecule has 2 amide bonds.